The number of carbonyl (C=O) groups is 1. The molecule has 0 atom stereocenters. The molecule has 1 aliphatic rings. The van der Waals surface area contributed by atoms with Crippen molar-refractivity contribution in [1.82, 2.24) is 14.5 Å². The number of ether oxygens (including phenoxy) is 1. The highest BCUT2D eigenvalue weighted by Gasteiger charge is 2.25. The maximum Gasteiger partial charge on any atom is 0.225 e. The summed E-state index contributed by atoms with van der Waals surface area (Å²) in [5.74, 6) is 0.675. The number of aromatic nitrogens is 2. The van der Waals surface area contributed by atoms with E-state index < -0.39 is 0 Å². The van der Waals surface area contributed by atoms with Crippen LogP contribution in [-0.4, -0.2) is 53.2 Å². The van der Waals surface area contributed by atoms with Crippen LogP contribution in [0.1, 0.15) is 40.0 Å². The molecule has 1 aliphatic heterocycles. The first-order valence-corrected chi connectivity index (χ1v) is 8.15. The highest BCUT2D eigenvalue weighted by molar-refractivity contribution is 5.89. The molecule has 124 valence electrons. The number of amides is 1. The molecule has 0 aromatic carbocycles. The summed E-state index contributed by atoms with van der Waals surface area (Å²) >= 11 is 0. The largest absolute Gasteiger partial charge is 0.379 e. The number of nitrogens with zero attached hydrogens (tertiary/aromatic N) is 3. The summed E-state index contributed by atoms with van der Waals surface area (Å²) in [6.45, 7) is 10.9. The van der Waals surface area contributed by atoms with Gasteiger partial charge in [-0.05, 0) is 20.3 Å². The van der Waals surface area contributed by atoms with E-state index in [1.54, 1.807) is 6.33 Å². The minimum atomic E-state index is -0.0727. The highest BCUT2D eigenvalue weighted by atomic mass is 16.5. The Morgan fingerprint density at radius 2 is 2.14 bits per heavy atom. The van der Waals surface area contributed by atoms with Crippen LogP contribution in [0.15, 0.2) is 12.5 Å². The van der Waals surface area contributed by atoms with Gasteiger partial charge < -0.3 is 14.6 Å². The Labute approximate surface area is 132 Å². The number of rotatable bonds is 7. The normalized spacial score (nSPS) is 16.7. The van der Waals surface area contributed by atoms with Crippen molar-refractivity contribution >= 4 is 11.7 Å². The second-order valence-corrected chi connectivity index (χ2v) is 6.52. The summed E-state index contributed by atoms with van der Waals surface area (Å²) in [6, 6.07) is 0. The number of imidazole rings is 1. The molecule has 0 radical (unpaired) electrons. The summed E-state index contributed by atoms with van der Waals surface area (Å²) in [6.07, 6.45) is 6.21. The molecule has 1 fully saturated rings. The van der Waals surface area contributed by atoms with Gasteiger partial charge in [-0.2, -0.15) is 0 Å². The molecule has 1 aromatic rings. The minimum Gasteiger partial charge on any atom is -0.379 e. The average molecular weight is 308 g/mol. The van der Waals surface area contributed by atoms with Crippen LogP contribution in [0.5, 0.6) is 0 Å². The number of morpholine rings is 1. The Balaban J connectivity index is 1.92. The van der Waals surface area contributed by atoms with E-state index in [1.165, 1.54) is 0 Å². The van der Waals surface area contributed by atoms with Crippen LogP contribution in [-0.2, 0) is 15.1 Å². The molecule has 6 heteroatoms. The molecule has 1 amide bonds. The van der Waals surface area contributed by atoms with Gasteiger partial charge in [0.15, 0.2) is 5.82 Å². The number of hydrogen-bond donors (Lipinski definition) is 1. The lowest BCUT2D eigenvalue weighted by atomic mass is 10.0. The van der Waals surface area contributed by atoms with Gasteiger partial charge in [0.05, 0.1) is 25.1 Å². The third kappa shape index (κ3) is 4.81. The van der Waals surface area contributed by atoms with E-state index in [0.29, 0.717) is 12.2 Å². The fraction of sp³-hybridized carbons (Fsp3) is 0.750. The Kier molecular flexibility index (Phi) is 5.97. The topological polar surface area (TPSA) is 59.4 Å². The Hall–Kier alpha value is -1.40. The zero-order valence-corrected chi connectivity index (χ0v) is 14.0. The molecular weight excluding hydrogens is 280 g/mol. The summed E-state index contributed by atoms with van der Waals surface area (Å²) in [5.41, 5.74) is -0.0727. The van der Waals surface area contributed by atoms with E-state index in [1.807, 2.05) is 6.20 Å². The summed E-state index contributed by atoms with van der Waals surface area (Å²) < 4.78 is 7.47. The maximum absolute atomic E-state index is 11.8. The van der Waals surface area contributed by atoms with Gasteiger partial charge in [0.1, 0.15) is 0 Å². The van der Waals surface area contributed by atoms with Crippen LogP contribution in [0, 0.1) is 0 Å². The van der Waals surface area contributed by atoms with E-state index in [2.05, 4.69) is 40.5 Å². The number of nitrogens with one attached hydrogen (secondary N) is 1. The highest BCUT2D eigenvalue weighted by Crippen LogP contribution is 2.19. The molecule has 1 saturated heterocycles. The fourth-order valence-electron chi connectivity index (χ4n) is 2.65. The molecule has 1 aromatic heterocycles. The van der Waals surface area contributed by atoms with Crippen LogP contribution < -0.4 is 5.32 Å². The van der Waals surface area contributed by atoms with Crippen LogP contribution in [0.3, 0.4) is 0 Å². The number of carbonyl (C=O) groups excluding carboxylic acids is 1. The van der Waals surface area contributed by atoms with Crippen molar-refractivity contribution in [3.8, 4) is 0 Å². The molecule has 22 heavy (non-hydrogen) atoms. The van der Waals surface area contributed by atoms with E-state index in [-0.39, 0.29) is 11.4 Å². The first-order chi connectivity index (χ1) is 10.5. The second kappa shape index (κ2) is 7.74. The smallest absolute Gasteiger partial charge is 0.225 e. The van der Waals surface area contributed by atoms with Crippen molar-refractivity contribution in [3.63, 3.8) is 0 Å². The quantitative estimate of drug-likeness (QED) is 0.838. The van der Waals surface area contributed by atoms with Crippen molar-refractivity contribution in [2.75, 3.05) is 38.2 Å². The average Bonchev–Trinajstić information content (AvgIpc) is 2.95. The summed E-state index contributed by atoms with van der Waals surface area (Å²) in [4.78, 5) is 18.5. The van der Waals surface area contributed by atoms with Gasteiger partial charge in [0.2, 0.25) is 5.91 Å². The van der Waals surface area contributed by atoms with E-state index in [9.17, 15) is 4.79 Å². The molecule has 2 heterocycles. The first kappa shape index (κ1) is 17.0. The lowest BCUT2D eigenvalue weighted by molar-refractivity contribution is -0.116. The van der Waals surface area contributed by atoms with Gasteiger partial charge in [0.25, 0.3) is 0 Å². The van der Waals surface area contributed by atoms with Gasteiger partial charge in [-0.15, -0.1) is 0 Å². The molecule has 0 unspecified atom stereocenters. The predicted octanol–water partition coefficient (Wildman–Crippen LogP) is 2.08. The Morgan fingerprint density at radius 3 is 2.82 bits per heavy atom. The molecule has 0 bridgehead atoms. The monoisotopic (exact) mass is 308 g/mol. The SMILES string of the molecule is CCCCC(=O)Nc1cn(C(C)(C)CN2CCOCC2)cn1. The molecular formula is C16H28N4O2. The molecule has 0 spiro atoms. The van der Waals surface area contributed by atoms with Gasteiger partial charge in [0, 0.05) is 32.3 Å². The third-order valence-corrected chi connectivity index (χ3v) is 4.02. The van der Waals surface area contributed by atoms with Crippen LogP contribution in [0.4, 0.5) is 5.82 Å². The lowest BCUT2D eigenvalue weighted by Crippen LogP contribution is -2.45. The van der Waals surface area contributed by atoms with Crippen LogP contribution in [0.2, 0.25) is 0 Å². The van der Waals surface area contributed by atoms with E-state index in [0.717, 1.165) is 45.7 Å². The molecule has 1 N–H and O–H groups in total. The van der Waals surface area contributed by atoms with Crippen LogP contribution >= 0.6 is 0 Å². The standard InChI is InChI=1S/C16H28N4O2/c1-4-5-6-15(21)18-14-11-20(13-17-14)16(2,3)12-19-7-9-22-10-8-19/h11,13H,4-10,12H2,1-3H3,(H,18,21). The predicted molar refractivity (Wildman–Crippen MR) is 87.0 cm³/mol. The fourth-order valence-corrected chi connectivity index (χ4v) is 2.65. The van der Waals surface area contributed by atoms with E-state index in [4.69, 9.17) is 4.74 Å². The number of anilines is 1. The number of unbranched alkanes of at least 4 members (excludes halogenated alkanes) is 1. The first-order valence-electron chi connectivity index (χ1n) is 8.15. The van der Waals surface area contributed by atoms with Crippen molar-refractivity contribution in [2.45, 2.75) is 45.6 Å². The minimum absolute atomic E-state index is 0.0399. The van der Waals surface area contributed by atoms with Gasteiger partial charge in [-0.3, -0.25) is 9.69 Å². The second-order valence-electron chi connectivity index (χ2n) is 6.52. The molecule has 6 nitrogen and oxygen atoms in total. The third-order valence-electron chi connectivity index (χ3n) is 4.02. The van der Waals surface area contributed by atoms with Gasteiger partial charge >= 0.3 is 0 Å². The molecule has 0 saturated carbocycles. The molecule has 0 aliphatic carbocycles. The van der Waals surface area contributed by atoms with Crippen molar-refractivity contribution in [1.29, 1.82) is 0 Å². The van der Waals surface area contributed by atoms with Gasteiger partial charge in [-0.1, -0.05) is 13.3 Å². The maximum atomic E-state index is 11.8. The summed E-state index contributed by atoms with van der Waals surface area (Å²) in [7, 11) is 0. The Morgan fingerprint density at radius 1 is 1.41 bits per heavy atom. The zero-order valence-electron chi connectivity index (χ0n) is 14.0. The molecule has 2 rings (SSSR count). The lowest BCUT2D eigenvalue weighted by Gasteiger charge is -2.35. The number of hydrogen-bond acceptors (Lipinski definition) is 4. The van der Waals surface area contributed by atoms with Gasteiger partial charge in [-0.25, -0.2) is 4.98 Å². The van der Waals surface area contributed by atoms with E-state index >= 15 is 0 Å². The van der Waals surface area contributed by atoms with Crippen molar-refractivity contribution in [3.05, 3.63) is 12.5 Å². The van der Waals surface area contributed by atoms with Crippen molar-refractivity contribution in [2.24, 2.45) is 0 Å². The van der Waals surface area contributed by atoms with Crippen molar-refractivity contribution < 1.29 is 9.53 Å². The van der Waals surface area contributed by atoms with Crippen LogP contribution in [0.25, 0.3) is 0 Å². The zero-order chi connectivity index (χ0) is 16.0. The Bertz CT molecular complexity index is 478. The summed E-state index contributed by atoms with van der Waals surface area (Å²) in [5, 5.41) is 2.87.